The Hall–Kier alpha value is -7.00. The van der Waals surface area contributed by atoms with Crippen molar-refractivity contribution in [2.24, 2.45) is 0 Å². The van der Waals surface area contributed by atoms with Crippen molar-refractivity contribution in [2.45, 2.75) is 0 Å². The number of hydrogen-bond acceptors (Lipinski definition) is 2. The summed E-state index contributed by atoms with van der Waals surface area (Å²) in [5.41, 5.74) is 11.5. The van der Waals surface area contributed by atoms with Crippen LogP contribution in [0.1, 0.15) is 0 Å². The summed E-state index contributed by atoms with van der Waals surface area (Å²) in [6, 6.07) is 70.9. The van der Waals surface area contributed by atoms with Crippen molar-refractivity contribution in [3.8, 4) is 44.5 Å². The van der Waals surface area contributed by atoms with E-state index in [-0.39, 0.29) is 0 Å². The van der Waals surface area contributed by atoms with Crippen LogP contribution >= 0.6 is 11.3 Å². The maximum absolute atomic E-state index is 6.72. The standard InChI is InChI=1S/C54H32OS/c1-2-15-36-33(13-1)14-11-23-37(36)35-27-29-45-49(32-35)55-48-25-12-24-46(54(45)48)53-43-21-7-5-19-41(43)52(42-20-6-8-22-44(42)53)40-18-4-3-16-38(40)34-28-30-51-47(31-34)39-17-9-10-26-50(39)56-51/h1-32H. The molecule has 2 heteroatoms. The van der Waals surface area contributed by atoms with Crippen molar-refractivity contribution in [3.05, 3.63) is 194 Å². The van der Waals surface area contributed by atoms with Gasteiger partial charge in [-0.05, 0) is 113 Å². The average Bonchev–Trinajstić information content (AvgIpc) is 3.83. The van der Waals surface area contributed by atoms with E-state index >= 15 is 0 Å². The van der Waals surface area contributed by atoms with Crippen molar-refractivity contribution in [2.75, 3.05) is 0 Å². The molecule has 12 rings (SSSR count). The fraction of sp³-hybridized carbons (Fsp3) is 0. The van der Waals surface area contributed by atoms with Gasteiger partial charge in [-0.25, -0.2) is 0 Å². The molecule has 0 aliphatic rings. The van der Waals surface area contributed by atoms with Crippen LogP contribution in [-0.4, -0.2) is 0 Å². The molecule has 260 valence electrons. The minimum atomic E-state index is 0.895. The van der Waals surface area contributed by atoms with Crippen molar-refractivity contribution < 1.29 is 4.42 Å². The fourth-order valence-electron chi connectivity index (χ4n) is 9.23. The van der Waals surface area contributed by atoms with Crippen LogP contribution in [0.25, 0.3) is 119 Å². The van der Waals surface area contributed by atoms with E-state index in [1.807, 2.05) is 11.3 Å². The summed E-state index contributed by atoms with van der Waals surface area (Å²) < 4.78 is 9.37. The van der Waals surface area contributed by atoms with Crippen LogP contribution < -0.4 is 0 Å². The lowest BCUT2D eigenvalue weighted by atomic mass is 9.83. The van der Waals surface area contributed by atoms with Crippen LogP contribution in [0.3, 0.4) is 0 Å². The van der Waals surface area contributed by atoms with Gasteiger partial charge in [0.2, 0.25) is 0 Å². The first kappa shape index (κ1) is 31.4. The van der Waals surface area contributed by atoms with E-state index in [9.17, 15) is 0 Å². The second-order valence-corrected chi connectivity index (χ2v) is 15.8. The molecule has 2 aromatic heterocycles. The molecule has 0 unspecified atom stereocenters. The number of benzene rings is 10. The summed E-state index contributed by atoms with van der Waals surface area (Å²) in [6.07, 6.45) is 0. The van der Waals surface area contributed by atoms with Crippen molar-refractivity contribution >= 4 is 85.8 Å². The second-order valence-electron chi connectivity index (χ2n) is 14.7. The highest BCUT2D eigenvalue weighted by molar-refractivity contribution is 7.25. The van der Waals surface area contributed by atoms with Gasteiger partial charge in [0, 0.05) is 30.9 Å². The molecular weight excluding hydrogens is 697 g/mol. The molecule has 1 nitrogen and oxygen atoms in total. The summed E-state index contributed by atoms with van der Waals surface area (Å²) in [6.45, 7) is 0. The van der Waals surface area contributed by atoms with Gasteiger partial charge in [-0.3, -0.25) is 0 Å². The Bertz CT molecular complexity index is 3480. The Morgan fingerprint density at radius 1 is 0.304 bits per heavy atom. The SMILES string of the molecule is c1ccc(-c2c3ccccc3c(-c3cccc4oc5cc(-c6cccc7ccccc67)ccc5c34)c3ccccc23)c(-c2ccc3sc4ccccc4c3c2)c1. The number of furan rings is 1. The molecule has 12 aromatic rings. The summed E-state index contributed by atoms with van der Waals surface area (Å²) in [4.78, 5) is 0. The zero-order chi connectivity index (χ0) is 36.7. The Kier molecular flexibility index (Phi) is 6.87. The first-order chi connectivity index (χ1) is 27.8. The van der Waals surface area contributed by atoms with Gasteiger partial charge >= 0.3 is 0 Å². The molecule has 0 bridgehead atoms. The first-order valence-corrected chi connectivity index (χ1v) is 20.0. The van der Waals surface area contributed by atoms with Crippen LogP contribution in [0, 0.1) is 0 Å². The lowest BCUT2D eigenvalue weighted by Gasteiger charge is -2.20. The summed E-state index contributed by atoms with van der Waals surface area (Å²) >= 11 is 1.86. The summed E-state index contributed by atoms with van der Waals surface area (Å²) in [7, 11) is 0. The van der Waals surface area contributed by atoms with E-state index in [0.717, 1.165) is 27.5 Å². The number of thiophene rings is 1. The summed E-state index contributed by atoms with van der Waals surface area (Å²) in [5.74, 6) is 0. The Balaban J connectivity index is 1.10. The third-order valence-corrected chi connectivity index (χ3v) is 12.8. The van der Waals surface area contributed by atoms with Gasteiger partial charge in [0.25, 0.3) is 0 Å². The van der Waals surface area contributed by atoms with Gasteiger partial charge in [0.15, 0.2) is 0 Å². The summed E-state index contributed by atoms with van der Waals surface area (Å²) in [5, 5.41) is 12.3. The van der Waals surface area contributed by atoms with E-state index < -0.39 is 0 Å². The van der Waals surface area contributed by atoms with Crippen molar-refractivity contribution in [1.82, 2.24) is 0 Å². The number of hydrogen-bond donors (Lipinski definition) is 0. The largest absolute Gasteiger partial charge is 0.456 e. The van der Waals surface area contributed by atoms with E-state index in [1.165, 1.54) is 91.4 Å². The normalized spacial score (nSPS) is 11.9. The molecule has 0 radical (unpaired) electrons. The molecule has 0 aliphatic carbocycles. The molecule has 0 amide bonds. The molecule has 0 atom stereocenters. The fourth-order valence-corrected chi connectivity index (χ4v) is 10.3. The lowest BCUT2D eigenvalue weighted by Crippen LogP contribution is -1.93. The van der Waals surface area contributed by atoms with E-state index in [0.29, 0.717) is 0 Å². The molecule has 10 aromatic carbocycles. The predicted molar refractivity (Wildman–Crippen MR) is 241 cm³/mol. The third-order valence-electron chi connectivity index (χ3n) is 11.7. The van der Waals surface area contributed by atoms with Gasteiger partial charge in [0.05, 0.1) is 0 Å². The van der Waals surface area contributed by atoms with E-state index in [4.69, 9.17) is 4.42 Å². The number of fused-ring (bicyclic) bond motifs is 9. The quantitative estimate of drug-likeness (QED) is 0.165. The molecule has 56 heavy (non-hydrogen) atoms. The Morgan fingerprint density at radius 3 is 1.62 bits per heavy atom. The minimum Gasteiger partial charge on any atom is -0.456 e. The maximum atomic E-state index is 6.72. The van der Waals surface area contributed by atoms with Crippen LogP contribution in [0.5, 0.6) is 0 Å². The van der Waals surface area contributed by atoms with E-state index in [2.05, 4.69) is 194 Å². The van der Waals surface area contributed by atoms with Crippen molar-refractivity contribution in [3.63, 3.8) is 0 Å². The molecule has 0 N–H and O–H groups in total. The molecule has 0 saturated heterocycles. The predicted octanol–water partition coefficient (Wildman–Crippen LogP) is 16.1. The van der Waals surface area contributed by atoms with Gasteiger partial charge in [-0.2, -0.15) is 0 Å². The van der Waals surface area contributed by atoms with Gasteiger partial charge in [-0.15, -0.1) is 11.3 Å². The van der Waals surface area contributed by atoms with Crippen LogP contribution in [0.2, 0.25) is 0 Å². The minimum absolute atomic E-state index is 0.895. The van der Waals surface area contributed by atoms with Crippen LogP contribution in [-0.2, 0) is 0 Å². The molecular formula is C54H32OS. The zero-order valence-corrected chi connectivity index (χ0v) is 31.1. The second kappa shape index (κ2) is 12.3. The highest BCUT2D eigenvalue weighted by atomic mass is 32.1. The Morgan fingerprint density at radius 2 is 0.839 bits per heavy atom. The monoisotopic (exact) mass is 728 g/mol. The average molecular weight is 729 g/mol. The molecule has 0 aliphatic heterocycles. The first-order valence-electron chi connectivity index (χ1n) is 19.2. The highest BCUT2D eigenvalue weighted by Gasteiger charge is 2.22. The molecule has 0 saturated carbocycles. The lowest BCUT2D eigenvalue weighted by molar-refractivity contribution is 0.669. The van der Waals surface area contributed by atoms with Gasteiger partial charge in [-0.1, -0.05) is 158 Å². The molecule has 2 heterocycles. The van der Waals surface area contributed by atoms with Crippen molar-refractivity contribution in [1.29, 1.82) is 0 Å². The smallest absolute Gasteiger partial charge is 0.136 e. The zero-order valence-electron chi connectivity index (χ0n) is 30.3. The Labute approximate surface area is 327 Å². The van der Waals surface area contributed by atoms with Crippen LogP contribution in [0.15, 0.2) is 199 Å². The number of rotatable bonds is 4. The topological polar surface area (TPSA) is 13.1 Å². The molecule has 0 fully saturated rings. The highest BCUT2D eigenvalue weighted by Crippen LogP contribution is 2.49. The third kappa shape index (κ3) is 4.67. The maximum Gasteiger partial charge on any atom is 0.136 e. The van der Waals surface area contributed by atoms with Gasteiger partial charge in [0.1, 0.15) is 11.2 Å². The van der Waals surface area contributed by atoms with Crippen LogP contribution in [0.4, 0.5) is 0 Å². The van der Waals surface area contributed by atoms with E-state index in [1.54, 1.807) is 0 Å². The van der Waals surface area contributed by atoms with Gasteiger partial charge < -0.3 is 4.42 Å². The molecule has 0 spiro atoms.